The number of methoxy groups -OCH3 is 2. The maximum Gasteiger partial charge on any atom is 0.137 e. The molecular formula is C26H27ClN2O3. The fourth-order valence-corrected chi connectivity index (χ4v) is 4.97. The molecule has 0 radical (unpaired) electrons. The van der Waals surface area contributed by atoms with Crippen LogP contribution in [0.5, 0.6) is 11.5 Å². The van der Waals surface area contributed by atoms with E-state index in [1.165, 1.54) is 0 Å². The molecule has 3 unspecified atom stereocenters. The number of carbonyl (C=O) groups is 1. The molecule has 0 spiro atoms. The third kappa shape index (κ3) is 4.36. The molecule has 166 valence electrons. The molecule has 0 N–H and O–H groups in total. The molecule has 1 fully saturated rings. The van der Waals surface area contributed by atoms with Crippen molar-refractivity contribution in [1.82, 2.24) is 9.88 Å². The number of aldehydes is 1. The first kappa shape index (κ1) is 22.3. The van der Waals surface area contributed by atoms with E-state index in [2.05, 4.69) is 22.9 Å². The summed E-state index contributed by atoms with van der Waals surface area (Å²) in [5.41, 5.74) is 3.81. The van der Waals surface area contributed by atoms with Crippen LogP contribution in [-0.2, 0) is 11.3 Å². The molecule has 1 aromatic heterocycles. The van der Waals surface area contributed by atoms with Crippen LogP contribution in [0.1, 0.15) is 30.5 Å². The van der Waals surface area contributed by atoms with E-state index in [9.17, 15) is 4.79 Å². The van der Waals surface area contributed by atoms with Gasteiger partial charge in [0.25, 0.3) is 0 Å². The summed E-state index contributed by atoms with van der Waals surface area (Å²) < 4.78 is 11.3. The summed E-state index contributed by atoms with van der Waals surface area (Å²) in [5, 5.41) is 0.643. The minimum absolute atomic E-state index is 0.0245. The lowest BCUT2D eigenvalue weighted by Crippen LogP contribution is -2.34. The van der Waals surface area contributed by atoms with E-state index in [1.54, 1.807) is 20.4 Å². The first-order valence-corrected chi connectivity index (χ1v) is 11.1. The fraction of sp³-hybridized carbons (Fsp3) is 0.308. The van der Waals surface area contributed by atoms with Gasteiger partial charge in [-0.1, -0.05) is 30.7 Å². The first-order valence-electron chi connectivity index (χ1n) is 10.7. The second-order valence-electron chi connectivity index (χ2n) is 8.17. The number of likely N-dealkylation sites (tertiary alicyclic amines) is 1. The standard InChI is InChI=1S/C26H27ClN2O3/c1-17-11-22(26-24(31-2)8-6-9-25(26)32-3)29(23(17)16-30)15-18-12-19(14-20(27)13-18)21-7-4-5-10-28-21/h4-10,12-14,16-17,22-23H,11,15H2,1-3H3. The van der Waals surface area contributed by atoms with Gasteiger partial charge in [-0.15, -0.1) is 0 Å². The molecule has 4 rings (SSSR count). The highest BCUT2D eigenvalue weighted by molar-refractivity contribution is 6.30. The molecule has 1 saturated heterocycles. The van der Waals surface area contributed by atoms with Gasteiger partial charge >= 0.3 is 0 Å². The summed E-state index contributed by atoms with van der Waals surface area (Å²) in [5.74, 6) is 1.72. The molecular weight excluding hydrogens is 424 g/mol. The zero-order valence-electron chi connectivity index (χ0n) is 18.5. The van der Waals surface area contributed by atoms with Crippen molar-refractivity contribution in [2.24, 2.45) is 5.92 Å². The van der Waals surface area contributed by atoms with Gasteiger partial charge in [-0.25, -0.2) is 0 Å². The third-order valence-corrected chi connectivity index (χ3v) is 6.40. The number of carbonyl (C=O) groups excluding carboxylic acids is 1. The summed E-state index contributed by atoms with van der Waals surface area (Å²) in [6.07, 6.45) is 3.65. The number of halogens is 1. The molecule has 6 heteroatoms. The summed E-state index contributed by atoms with van der Waals surface area (Å²) in [6, 6.07) is 17.3. The van der Waals surface area contributed by atoms with E-state index in [4.69, 9.17) is 21.1 Å². The van der Waals surface area contributed by atoms with Crippen LogP contribution in [-0.4, -0.2) is 36.4 Å². The number of nitrogens with zero attached hydrogens (tertiary/aromatic N) is 2. The zero-order valence-corrected chi connectivity index (χ0v) is 19.3. The largest absolute Gasteiger partial charge is 0.496 e. The Morgan fingerprint density at radius 1 is 1.09 bits per heavy atom. The van der Waals surface area contributed by atoms with Crippen molar-refractivity contribution >= 4 is 17.9 Å². The number of aromatic nitrogens is 1. The highest BCUT2D eigenvalue weighted by atomic mass is 35.5. The molecule has 3 atom stereocenters. The van der Waals surface area contributed by atoms with Crippen molar-refractivity contribution in [2.45, 2.75) is 32.0 Å². The predicted octanol–water partition coefficient (Wildman–Crippen LogP) is 5.57. The third-order valence-electron chi connectivity index (χ3n) is 6.18. The van der Waals surface area contributed by atoms with Crippen molar-refractivity contribution in [1.29, 1.82) is 0 Å². The molecule has 5 nitrogen and oxygen atoms in total. The Morgan fingerprint density at radius 2 is 1.84 bits per heavy atom. The highest BCUT2D eigenvalue weighted by Gasteiger charge is 2.41. The molecule has 1 aliphatic rings. The second kappa shape index (κ2) is 9.72. The van der Waals surface area contributed by atoms with Crippen molar-refractivity contribution in [3.8, 4) is 22.8 Å². The number of benzene rings is 2. The lowest BCUT2D eigenvalue weighted by Gasteiger charge is -2.30. The van der Waals surface area contributed by atoms with E-state index in [1.807, 2.05) is 48.5 Å². The Balaban J connectivity index is 1.75. The average molecular weight is 451 g/mol. The van der Waals surface area contributed by atoms with Gasteiger partial charge in [0.2, 0.25) is 0 Å². The minimum atomic E-state index is -0.216. The van der Waals surface area contributed by atoms with E-state index in [0.29, 0.717) is 11.6 Å². The number of pyridine rings is 1. The Bertz CT molecular complexity index is 1070. The van der Waals surface area contributed by atoms with E-state index in [0.717, 1.165) is 46.6 Å². The summed E-state index contributed by atoms with van der Waals surface area (Å²) >= 11 is 6.48. The maximum atomic E-state index is 12.1. The van der Waals surface area contributed by atoms with Crippen LogP contribution < -0.4 is 9.47 Å². The minimum Gasteiger partial charge on any atom is -0.496 e. The van der Waals surface area contributed by atoms with Gasteiger partial charge in [0, 0.05) is 29.4 Å². The second-order valence-corrected chi connectivity index (χ2v) is 8.60. The van der Waals surface area contributed by atoms with Crippen LogP contribution >= 0.6 is 11.6 Å². The Morgan fingerprint density at radius 3 is 2.47 bits per heavy atom. The van der Waals surface area contributed by atoms with E-state index >= 15 is 0 Å². The van der Waals surface area contributed by atoms with Crippen LogP contribution in [0.25, 0.3) is 11.3 Å². The van der Waals surface area contributed by atoms with Crippen LogP contribution in [0.4, 0.5) is 0 Å². The van der Waals surface area contributed by atoms with Gasteiger partial charge in [-0.2, -0.15) is 0 Å². The average Bonchev–Trinajstić information content (AvgIpc) is 3.12. The fourth-order valence-electron chi connectivity index (χ4n) is 4.72. The number of rotatable bonds is 7. The number of hydrogen-bond acceptors (Lipinski definition) is 5. The summed E-state index contributed by atoms with van der Waals surface area (Å²) in [6.45, 7) is 2.69. The van der Waals surface area contributed by atoms with Gasteiger partial charge < -0.3 is 14.3 Å². The SMILES string of the molecule is COc1cccc(OC)c1C1CC(C)C(C=O)N1Cc1cc(Cl)cc(-c2ccccn2)c1. The van der Waals surface area contributed by atoms with Gasteiger partial charge in [0.15, 0.2) is 0 Å². The monoisotopic (exact) mass is 450 g/mol. The van der Waals surface area contributed by atoms with E-state index < -0.39 is 0 Å². The topological polar surface area (TPSA) is 51.7 Å². The van der Waals surface area contributed by atoms with Crippen molar-refractivity contribution in [2.75, 3.05) is 14.2 Å². The molecule has 0 aliphatic carbocycles. The predicted molar refractivity (Wildman–Crippen MR) is 126 cm³/mol. The van der Waals surface area contributed by atoms with Gasteiger partial charge in [0.1, 0.15) is 17.8 Å². The highest BCUT2D eigenvalue weighted by Crippen LogP contribution is 2.47. The van der Waals surface area contributed by atoms with Gasteiger partial charge in [-0.05, 0) is 60.4 Å². The van der Waals surface area contributed by atoms with Crippen LogP contribution in [0, 0.1) is 5.92 Å². The van der Waals surface area contributed by atoms with Crippen LogP contribution in [0.2, 0.25) is 5.02 Å². The van der Waals surface area contributed by atoms with Crippen molar-refractivity contribution < 1.29 is 14.3 Å². The smallest absolute Gasteiger partial charge is 0.137 e. The first-order chi connectivity index (χ1) is 15.5. The van der Waals surface area contributed by atoms with Crippen molar-refractivity contribution in [3.05, 3.63) is 76.9 Å². The molecule has 32 heavy (non-hydrogen) atoms. The molecule has 1 aliphatic heterocycles. The summed E-state index contributed by atoms with van der Waals surface area (Å²) in [4.78, 5) is 18.8. The number of ether oxygens (including phenoxy) is 2. The Hall–Kier alpha value is -2.89. The molecule has 2 heterocycles. The van der Waals surface area contributed by atoms with Crippen LogP contribution in [0.3, 0.4) is 0 Å². The lowest BCUT2D eigenvalue weighted by atomic mass is 9.97. The van der Waals surface area contributed by atoms with Crippen molar-refractivity contribution in [3.63, 3.8) is 0 Å². The zero-order chi connectivity index (χ0) is 22.7. The van der Waals surface area contributed by atoms with E-state index in [-0.39, 0.29) is 18.0 Å². The van der Waals surface area contributed by atoms with Crippen LogP contribution in [0.15, 0.2) is 60.8 Å². The van der Waals surface area contributed by atoms with Gasteiger partial charge in [-0.3, -0.25) is 9.88 Å². The van der Waals surface area contributed by atoms with Gasteiger partial charge in [0.05, 0.1) is 31.5 Å². The lowest BCUT2D eigenvalue weighted by molar-refractivity contribution is -0.113. The Kier molecular flexibility index (Phi) is 6.77. The maximum absolute atomic E-state index is 12.1. The Labute approximate surface area is 193 Å². The normalized spacial score (nSPS) is 20.8. The molecule has 3 aromatic rings. The quantitative estimate of drug-likeness (QED) is 0.440. The molecule has 2 aromatic carbocycles. The molecule has 0 bridgehead atoms. The number of hydrogen-bond donors (Lipinski definition) is 0. The summed E-state index contributed by atoms with van der Waals surface area (Å²) in [7, 11) is 3.32. The molecule has 0 amide bonds. The molecule has 0 saturated carbocycles.